The van der Waals surface area contributed by atoms with E-state index in [1.807, 2.05) is 10.6 Å². The van der Waals surface area contributed by atoms with Gasteiger partial charge in [-0.2, -0.15) is 9.97 Å². The third-order valence-corrected chi connectivity index (χ3v) is 6.75. The largest absolute Gasteiger partial charge is 0.495 e. The Bertz CT molecular complexity index is 1090. The highest BCUT2D eigenvalue weighted by Crippen LogP contribution is 2.37. The number of benzene rings is 1. The number of alkyl halides is 1. The Morgan fingerprint density at radius 1 is 1.28 bits per heavy atom. The quantitative estimate of drug-likeness (QED) is 0.376. The average Bonchev–Trinajstić information content (AvgIpc) is 3.19. The number of fused-ring (bicyclic) bond motifs is 1. The van der Waals surface area contributed by atoms with Crippen molar-refractivity contribution in [2.24, 2.45) is 0 Å². The van der Waals surface area contributed by atoms with Gasteiger partial charge in [0.25, 0.3) is 0 Å². The number of hydrogen-bond acceptors (Lipinski definition) is 7. The van der Waals surface area contributed by atoms with Crippen LogP contribution >= 0.6 is 27.5 Å². The molecule has 1 saturated carbocycles. The maximum Gasteiger partial charge on any atom is 0.227 e. The smallest absolute Gasteiger partial charge is 0.227 e. The van der Waals surface area contributed by atoms with Crippen molar-refractivity contribution >= 4 is 56.1 Å². The molecule has 1 aromatic carbocycles. The Morgan fingerprint density at radius 3 is 2.78 bits per heavy atom. The fourth-order valence-corrected chi connectivity index (χ4v) is 4.44. The first-order chi connectivity index (χ1) is 15.5. The molecule has 32 heavy (non-hydrogen) atoms. The highest BCUT2D eigenvalue weighted by Gasteiger charge is 2.21. The number of aryl methyl sites for hydroxylation is 1. The monoisotopic (exact) mass is 526 g/mol. The van der Waals surface area contributed by atoms with Crippen molar-refractivity contribution in [2.75, 3.05) is 24.4 Å². The minimum Gasteiger partial charge on any atom is -0.495 e. The molecule has 0 atom stereocenters. The number of aromatic nitrogens is 4. The number of aliphatic hydroxyl groups excluding tert-OH is 1. The third-order valence-electron chi connectivity index (χ3n) is 5.50. The number of halogens is 3. The zero-order chi connectivity index (χ0) is 22.7. The summed E-state index contributed by atoms with van der Waals surface area (Å²) in [6.07, 6.45) is 4.97. The first-order valence-corrected chi connectivity index (χ1v) is 11.7. The molecule has 172 valence electrons. The maximum atomic E-state index is 12.8. The van der Waals surface area contributed by atoms with Gasteiger partial charge in [-0.25, -0.2) is 4.98 Å². The van der Waals surface area contributed by atoms with Crippen molar-refractivity contribution in [3.8, 4) is 5.75 Å². The second-order valence-corrected chi connectivity index (χ2v) is 9.03. The van der Waals surface area contributed by atoms with E-state index in [1.165, 1.54) is 0 Å². The number of hydrogen-bond donors (Lipinski definition) is 3. The summed E-state index contributed by atoms with van der Waals surface area (Å²) < 4.78 is 20.6. The van der Waals surface area contributed by atoms with Crippen molar-refractivity contribution < 1.29 is 14.2 Å². The number of nitrogens with zero attached hydrogens (tertiary/aromatic N) is 4. The Morgan fingerprint density at radius 2 is 2.06 bits per heavy atom. The van der Waals surface area contributed by atoms with Gasteiger partial charge in [0.2, 0.25) is 5.95 Å². The van der Waals surface area contributed by atoms with E-state index >= 15 is 0 Å². The Balaban J connectivity index is 1.70. The van der Waals surface area contributed by atoms with Crippen LogP contribution in [-0.4, -0.2) is 50.6 Å². The summed E-state index contributed by atoms with van der Waals surface area (Å²) in [7, 11) is 1.55. The Hall–Kier alpha value is -2.17. The Labute approximate surface area is 198 Å². The van der Waals surface area contributed by atoms with Gasteiger partial charge in [-0.3, -0.25) is 4.39 Å². The highest BCUT2D eigenvalue weighted by molar-refractivity contribution is 9.10. The van der Waals surface area contributed by atoms with Crippen LogP contribution in [0.2, 0.25) is 5.02 Å². The highest BCUT2D eigenvalue weighted by atomic mass is 79.9. The SMILES string of the molecule is COc1cc(Nc2nc(NC3CCC(O)CC3)nc3c2ncn3CCCF)cc(Br)c1Cl. The first kappa shape index (κ1) is 23.0. The van der Waals surface area contributed by atoms with Crippen LogP contribution in [0, 0.1) is 0 Å². The van der Waals surface area contributed by atoms with Crippen LogP contribution in [0.3, 0.4) is 0 Å². The Kier molecular flexibility index (Phi) is 7.32. The zero-order valence-corrected chi connectivity index (χ0v) is 20.0. The third kappa shape index (κ3) is 5.07. The van der Waals surface area contributed by atoms with Gasteiger partial charge in [0.05, 0.1) is 31.2 Å². The number of aliphatic hydroxyl groups is 1. The van der Waals surface area contributed by atoms with Crippen molar-refractivity contribution in [3.05, 3.63) is 28.0 Å². The number of ether oxygens (including phenoxy) is 1. The summed E-state index contributed by atoms with van der Waals surface area (Å²) in [4.78, 5) is 13.8. The molecule has 1 aliphatic carbocycles. The second kappa shape index (κ2) is 10.2. The predicted molar refractivity (Wildman–Crippen MR) is 127 cm³/mol. The van der Waals surface area contributed by atoms with Crippen molar-refractivity contribution in [3.63, 3.8) is 0 Å². The zero-order valence-electron chi connectivity index (χ0n) is 17.6. The lowest BCUT2D eigenvalue weighted by atomic mass is 9.93. The summed E-state index contributed by atoms with van der Waals surface area (Å²) in [5, 5.41) is 16.9. The summed E-state index contributed by atoms with van der Waals surface area (Å²) in [6.45, 7) is 0.0583. The van der Waals surface area contributed by atoms with Gasteiger partial charge in [-0.15, -0.1) is 0 Å². The van der Waals surface area contributed by atoms with Gasteiger partial charge in [0.15, 0.2) is 17.0 Å². The van der Waals surface area contributed by atoms with Crippen LogP contribution in [-0.2, 0) is 6.54 Å². The van der Waals surface area contributed by atoms with E-state index in [1.54, 1.807) is 19.5 Å². The van der Waals surface area contributed by atoms with E-state index in [0.717, 1.165) is 25.7 Å². The molecular weight excluding hydrogens is 503 g/mol. The van der Waals surface area contributed by atoms with Crippen molar-refractivity contribution in [1.29, 1.82) is 0 Å². The van der Waals surface area contributed by atoms with Crippen LogP contribution in [0.25, 0.3) is 11.2 Å². The van der Waals surface area contributed by atoms with Gasteiger partial charge in [-0.1, -0.05) is 11.6 Å². The van der Waals surface area contributed by atoms with Gasteiger partial charge >= 0.3 is 0 Å². The second-order valence-electron chi connectivity index (χ2n) is 7.80. The molecule has 2 heterocycles. The van der Waals surface area contributed by atoms with Crippen LogP contribution in [0.4, 0.5) is 21.8 Å². The number of imidazole rings is 1. The van der Waals surface area contributed by atoms with E-state index in [9.17, 15) is 9.50 Å². The fourth-order valence-electron chi connectivity index (χ4n) is 3.81. The van der Waals surface area contributed by atoms with E-state index in [0.29, 0.717) is 56.8 Å². The lowest BCUT2D eigenvalue weighted by Gasteiger charge is -2.26. The lowest BCUT2D eigenvalue weighted by molar-refractivity contribution is 0.126. The molecule has 0 spiro atoms. The molecule has 3 aromatic rings. The van der Waals surface area contributed by atoms with Gasteiger partial charge < -0.3 is 25.0 Å². The molecular formula is C21H25BrClFN6O2. The molecule has 1 aliphatic rings. The first-order valence-electron chi connectivity index (χ1n) is 10.5. The molecule has 2 aromatic heterocycles. The molecule has 0 aliphatic heterocycles. The summed E-state index contributed by atoms with van der Waals surface area (Å²) in [5.41, 5.74) is 1.91. The molecule has 8 nitrogen and oxygen atoms in total. The van der Waals surface area contributed by atoms with Crippen LogP contribution in [0.5, 0.6) is 5.75 Å². The minimum absolute atomic E-state index is 0.177. The van der Waals surface area contributed by atoms with E-state index < -0.39 is 6.67 Å². The summed E-state index contributed by atoms with van der Waals surface area (Å²) in [5.74, 6) is 1.49. The van der Waals surface area contributed by atoms with E-state index in [2.05, 4.69) is 41.5 Å². The molecule has 3 N–H and O–H groups in total. The number of rotatable bonds is 8. The van der Waals surface area contributed by atoms with Gasteiger partial charge in [0.1, 0.15) is 5.75 Å². The molecule has 0 amide bonds. The molecule has 0 unspecified atom stereocenters. The standard InChI is InChI=1S/C21H25BrClFN6O2/c1-32-16-10-13(9-15(22)17(16)23)26-19-18-20(30(11-25-18)8-2-7-24)29-21(28-19)27-12-3-5-14(31)6-4-12/h9-12,14,31H,2-8H2,1H3,(H2,26,27,28,29). The molecule has 1 fully saturated rings. The summed E-state index contributed by atoms with van der Waals surface area (Å²) in [6, 6.07) is 3.78. The van der Waals surface area contributed by atoms with E-state index in [4.69, 9.17) is 16.3 Å². The molecule has 4 rings (SSSR count). The van der Waals surface area contributed by atoms with Crippen LogP contribution in [0.15, 0.2) is 22.9 Å². The van der Waals surface area contributed by atoms with Gasteiger partial charge in [0, 0.05) is 28.8 Å². The average molecular weight is 528 g/mol. The normalized spacial score (nSPS) is 18.7. The van der Waals surface area contributed by atoms with Crippen LogP contribution in [0.1, 0.15) is 32.1 Å². The summed E-state index contributed by atoms with van der Waals surface area (Å²) >= 11 is 9.71. The number of nitrogens with one attached hydrogen (secondary N) is 2. The topological polar surface area (TPSA) is 97.1 Å². The predicted octanol–water partition coefficient (Wildman–Crippen LogP) is 5.07. The van der Waals surface area contributed by atoms with Crippen LogP contribution < -0.4 is 15.4 Å². The van der Waals surface area contributed by atoms with Crippen molar-refractivity contribution in [1.82, 2.24) is 19.5 Å². The number of methoxy groups -OCH3 is 1. The van der Waals surface area contributed by atoms with Gasteiger partial charge in [-0.05, 0) is 54.1 Å². The number of anilines is 3. The van der Waals surface area contributed by atoms with Crippen molar-refractivity contribution in [2.45, 2.75) is 50.8 Å². The lowest BCUT2D eigenvalue weighted by Crippen LogP contribution is -2.29. The molecule has 0 bridgehead atoms. The molecule has 0 radical (unpaired) electrons. The van der Waals surface area contributed by atoms with E-state index in [-0.39, 0.29) is 12.1 Å². The fraction of sp³-hybridized carbons (Fsp3) is 0.476. The maximum absolute atomic E-state index is 12.8. The molecule has 11 heteroatoms. The minimum atomic E-state index is -0.413. The molecule has 0 saturated heterocycles.